The SMILES string of the molecule is NCCC[C@H](C(=O)O)N(C(=O)C(c1ccccc1)c1ccccc1)/C(N)=N\[N+](=O)[O-]. The summed E-state index contributed by atoms with van der Waals surface area (Å²) in [5, 5.41) is 22.5. The molecule has 0 fully saturated rings. The van der Waals surface area contributed by atoms with Crippen LogP contribution in [0.15, 0.2) is 65.8 Å². The maximum absolute atomic E-state index is 13.6. The third-order valence-corrected chi connectivity index (χ3v) is 4.46. The molecule has 0 unspecified atom stereocenters. The van der Waals surface area contributed by atoms with Crippen molar-refractivity contribution in [1.82, 2.24) is 4.90 Å². The van der Waals surface area contributed by atoms with E-state index in [1.165, 1.54) is 0 Å². The number of carbonyl (C=O) groups excluding carboxylic acids is 1. The zero-order valence-electron chi connectivity index (χ0n) is 16.1. The summed E-state index contributed by atoms with van der Waals surface area (Å²) in [5.74, 6) is -3.84. The molecule has 30 heavy (non-hydrogen) atoms. The average molecular weight is 413 g/mol. The van der Waals surface area contributed by atoms with Crippen LogP contribution in [0.1, 0.15) is 29.9 Å². The number of carbonyl (C=O) groups is 2. The van der Waals surface area contributed by atoms with Crippen LogP contribution in [0.3, 0.4) is 0 Å². The molecular formula is C20H23N5O5. The molecule has 10 nitrogen and oxygen atoms in total. The molecule has 5 N–H and O–H groups in total. The summed E-state index contributed by atoms with van der Waals surface area (Å²) in [6.07, 6.45) is 0.232. The Bertz CT molecular complexity index is 865. The van der Waals surface area contributed by atoms with E-state index in [1.807, 2.05) is 0 Å². The third-order valence-electron chi connectivity index (χ3n) is 4.46. The summed E-state index contributed by atoms with van der Waals surface area (Å²) in [6.45, 7) is 0.179. The van der Waals surface area contributed by atoms with Gasteiger partial charge in [0, 0.05) is 0 Å². The smallest absolute Gasteiger partial charge is 0.326 e. The van der Waals surface area contributed by atoms with Crippen LogP contribution in [-0.2, 0) is 9.59 Å². The van der Waals surface area contributed by atoms with E-state index in [4.69, 9.17) is 11.5 Å². The van der Waals surface area contributed by atoms with Gasteiger partial charge in [-0.3, -0.25) is 9.69 Å². The Morgan fingerprint density at radius 3 is 1.97 bits per heavy atom. The molecule has 0 radical (unpaired) electrons. The Morgan fingerprint density at radius 2 is 1.57 bits per heavy atom. The highest BCUT2D eigenvalue weighted by Crippen LogP contribution is 2.28. The Labute approximate surface area is 172 Å². The molecule has 0 saturated heterocycles. The highest BCUT2D eigenvalue weighted by molar-refractivity contribution is 6.03. The van der Waals surface area contributed by atoms with Gasteiger partial charge in [0.15, 0.2) is 5.03 Å². The predicted molar refractivity (Wildman–Crippen MR) is 110 cm³/mol. The van der Waals surface area contributed by atoms with Crippen molar-refractivity contribution in [1.29, 1.82) is 0 Å². The van der Waals surface area contributed by atoms with Gasteiger partial charge in [-0.25, -0.2) is 14.9 Å². The van der Waals surface area contributed by atoms with Crippen LogP contribution >= 0.6 is 0 Å². The minimum absolute atomic E-state index is 0.0399. The third kappa shape index (κ3) is 5.61. The fourth-order valence-electron chi connectivity index (χ4n) is 3.14. The van der Waals surface area contributed by atoms with Gasteiger partial charge in [-0.1, -0.05) is 60.7 Å². The van der Waals surface area contributed by atoms with E-state index >= 15 is 0 Å². The first-order valence-electron chi connectivity index (χ1n) is 9.21. The fourth-order valence-corrected chi connectivity index (χ4v) is 3.14. The number of nitro groups is 1. The molecule has 10 heteroatoms. The lowest BCUT2D eigenvalue weighted by atomic mass is 9.89. The Morgan fingerprint density at radius 1 is 1.07 bits per heavy atom. The lowest BCUT2D eigenvalue weighted by molar-refractivity contribution is -0.485. The lowest BCUT2D eigenvalue weighted by Crippen LogP contribution is -2.53. The van der Waals surface area contributed by atoms with E-state index in [9.17, 15) is 24.8 Å². The van der Waals surface area contributed by atoms with Gasteiger partial charge in [0.1, 0.15) is 11.1 Å². The minimum atomic E-state index is -1.46. The Hall–Kier alpha value is -3.79. The van der Waals surface area contributed by atoms with Crippen LogP contribution in [0.25, 0.3) is 0 Å². The number of carboxylic acids is 1. The maximum Gasteiger partial charge on any atom is 0.326 e. The number of benzene rings is 2. The topological polar surface area (TPSA) is 165 Å². The summed E-state index contributed by atoms with van der Waals surface area (Å²) in [4.78, 5) is 37.1. The number of rotatable bonds is 9. The van der Waals surface area contributed by atoms with Gasteiger partial charge in [-0.05, 0) is 30.5 Å². The number of nitrogens with zero attached hydrogens (tertiary/aromatic N) is 3. The van der Waals surface area contributed by atoms with Crippen LogP contribution in [-0.4, -0.2) is 45.5 Å². The van der Waals surface area contributed by atoms with Gasteiger partial charge in [0.2, 0.25) is 5.91 Å². The lowest BCUT2D eigenvalue weighted by Gasteiger charge is -2.30. The van der Waals surface area contributed by atoms with E-state index < -0.39 is 34.8 Å². The van der Waals surface area contributed by atoms with Crippen molar-refractivity contribution in [2.45, 2.75) is 24.8 Å². The van der Waals surface area contributed by atoms with E-state index in [1.54, 1.807) is 60.7 Å². The number of amides is 1. The number of nitrogens with two attached hydrogens (primary N) is 2. The van der Waals surface area contributed by atoms with Gasteiger partial charge in [0.05, 0.1) is 5.92 Å². The largest absolute Gasteiger partial charge is 0.480 e. The second-order valence-corrected chi connectivity index (χ2v) is 6.44. The number of hydrazone groups is 1. The Balaban J connectivity index is 2.62. The second-order valence-electron chi connectivity index (χ2n) is 6.44. The molecule has 2 rings (SSSR count). The van der Waals surface area contributed by atoms with Crippen LogP contribution in [0.4, 0.5) is 0 Å². The highest BCUT2D eigenvalue weighted by atomic mass is 16.7. The van der Waals surface area contributed by atoms with E-state index in [-0.39, 0.29) is 19.4 Å². The number of carboxylic acid groups (broad SMARTS) is 1. The molecule has 2 aromatic carbocycles. The first-order chi connectivity index (χ1) is 14.4. The Kier molecular flexibility index (Phi) is 8.00. The van der Waals surface area contributed by atoms with E-state index in [0.29, 0.717) is 16.0 Å². The van der Waals surface area contributed by atoms with Crippen molar-refractivity contribution >= 4 is 17.8 Å². The van der Waals surface area contributed by atoms with Crippen molar-refractivity contribution in [3.05, 3.63) is 81.9 Å². The molecule has 1 amide bonds. The van der Waals surface area contributed by atoms with Crippen molar-refractivity contribution in [3.8, 4) is 0 Å². The number of guanidine groups is 1. The average Bonchev–Trinajstić information content (AvgIpc) is 2.72. The fraction of sp³-hybridized carbons (Fsp3) is 0.250. The molecule has 1 atom stereocenters. The van der Waals surface area contributed by atoms with Gasteiger partial charge in [0.25, 0.3) is 5.96 Å². The first kappa shape index (κ1) is 22.5. The maximum atomic E-state index is 13.6. The zero-order chi connectivity index (χ0) is 22.1. The van der Waals surface area contributed by atoms with Gasteiger partial charge >= 0.3 is 5.97 Å². The zero-order valence-corrected chi connectivity index (χ0v) is 16.1. The molecule has 0 aliphatic carbocycles. The van der Waals surface area contributed by atoms with E-state index in [2.05, 4.69) is 5.10 Å². The summed E-state index contributed by atoms with van der Waals surface area (Å²) in [6, 6.07) is 15.9. The minimum Gasteiger partial charge on any atom is -0.480 e. The van der Waals surface area contributed by atoms with Gasteiger partial charge < -0.3 is 16.6 Å². The van der Waals surface area contributed by atoms with Gasteiger partial charge in [-0.15, -0.1) is 0 Å². The molecule has 0 aliphatic rings. The standard InChI is InChI=1S/C20H23N5O5/c21-13-7-12-16(19(27)28)24(20(22)23-25(29)30)18(26)17(14-8-3-1-4-9-14)15-10-5-2-6-11-15/h1-6,8-11,16-17H,7,12-13,21H2,(H2,22,23)(H,27,28)/t16-/m1/s1. The van der Waals surface area contributed by atoms with Crippen molar-refractivity contribution in [2.24, 2.45) is 16.6 Å². The van der Waals surface area contributed by atoms with E-state index in [0.717, 1.165) is 0 Å². The normalized spacial score (nSPS) is 12.4. The van der Waals surface area contributed by atoms with Crippen LogP contribution < -0.4 is 11.5 Å². The van der Waals surface area contributed by atoms with Crippen LogP contribution in [0.2, 0.25) is 0 Å². The molecule has 0 saturated carbocycles. The van der Waals surface area contributed by atoms with Crippen LogP contribution in [0.5, 0.6) is 0 Å². The monoisotopic (exact) mass is 413 g/mol. The molecule has 0 spiro atoms. The molecular weight excluding hydrogens is 390 g/mol. The van der Waals surface area contributed by atoms with Crippen molar-refractivity contribution < 1.29 is 19.7 Å². The molecule has 0 aliphatic heterocycles. The molecule has 158 valence electrons. The number of aliphatic carboxylic acids is 1. The molecule has 0 aromatic heterocycles. The second kappa shape index (κ2) is 10.7. The van der Waals surface area contributed by atoms with Crippen LogP contribution in [0, 0.1) is 10.1 Å². The van der Waals surface area contributed by atoms with Crippen molar-refractivity contribution in [3.63, 3.8) is 0 Å². The quantitative estimate of drug-likeness (QED) is 0.241. The number of hydrogen-bond donors (Lipinski definition) is 3. The summed E-state index contributed by atoms with van der Waals surface area (Å²) >= 11 is 0. The summed E-state index contributed by atoms with van der Waals surface area (Å²) in [7, 11) is 0. The predicted octanol–water partition coefficient (Wildman–Crippen LogP) is 1.35. The number of hydrogen-bond acceptors (Lipinski definition) is 5. The first-order valence-corrected chi connectivity index (χ1v) is 9.21. The van der Waals surface area contributed by atoms with Crippen molar-refractivity contribution in [2.75, 3.05) is 6.54 Å². The summed E-state index contributed by atoms with van der Waals surface area (Å²) < 4.78 is 0. The summed E-state index contributed by atoms with van der Waals surface area (Å²) in [5.41, 5.74) is 12.4. The highest BCUT2D eigenvalue weighted by Gasteiger charge is 2.38. The van der Waals surface area contributed by atoms with Gasteiger partial charge in [-0.2, -0.15) is 0 Å². The molecule has 0 heterocycles. The molecule has 0 bridgehead atoms. The molecule has 2 aromatic rings.